The molecule has 0 unspecified atom stereocenters. The van der Waals surface area contributed by atoms with E-state index in [9.17, 15) is 4.79 Å². The number of piperidine rings is 2. The van der Waals surface area contributed by atoms with Gasteiger partial charge in [-0.1, -0.05) is 12.5 Å². The molecule has 0 aromatic heterocycles. The van der Waals surface area contributed by atoms with Crippen molar-refractivity contribution in [1.82, 2.24) is 9.80 Å². The first kappa shape index (κ1) is 19.2. The Morgan fingerprint density at radius 3 is 2.58 bits per heavy atom. The van der Waals surface area contributed by atoms with Gasteiger partial charge >= 0.3 is 0 Å². The van der Waals surface area contributed by atoms with Gasteiger partial charge in [0.1, 0.15) is 5.75 Å². The number of carbonyl (C=O) groups excluding carboxylic acids is 1. The molecule has 0 radical (unpaired) electrons. The van der Waals surface area contributed by atoms with Crippen LogP contribution in [-0.4, -0.2) is 54.5 Å². The quantitative estimate of drug-likeness (QED) is 0.772. The molecule has 1 amide bonds. The number of rotatable bonds is 6. The van der Waals surface area contributed by atoms with E-state index in [2.05, 4.69) is 29.7 Å². The summed E-state index contributed by atoms with van der Waals surface area (Å²) in [6, 6.07) is 6.42. The number of hydrogen-bond acceptors (Lipinski definition) is 3. The molecule has 144 valence electrons. The van der Waals surface area contributed by atoms with Crippen LogP contribution in [0.25, 0.3) is 0 Å². The minimum Gasteiger partial charge on any atom is -0.484 e. The van der Waals surface area contributed by atoms with Gasteiger partial charge < -0.3 is 14.5 Å². The van der Waals surface area contributed by atoms with E-state index in [-0.39, 0.29) is 12.5 Å². The summed E-state index contributed by atoms with van der Waals surface area (Å²) in [4.78, 5) is 17.4. The first-order valence-electron chi connectivity index (χ1n) is 10.4. The van der Waals surface area contributed by atoms with Gasteiger partial charge in [0.25, 0.3) is 5.91 Å². The lowest BCUT2D eigenvalue weighted by Gasteiger charge is -2.37. The van der Waals surface area contributed by atoms with Crippen LogP contribution in [0.3, 0.4) is 0 Å². The predicted molar refractivity (Wildman–Crippen MR) is 106 cm³/mol. The maximum absolute atomic E-state index is 12.8. The average molecular weight is 359 g/mol. The molecule has 2 heterocycles. The molecule has 2 fully saturated rings. The fraction of sp³-hybridized carbons (Fsp3) is 0.682. The molecule has 4 nitrogen and oxygen atoms in total. The van der Waals surface area contributed by atoms with Crippen molar-refractivity contribution in [3.8, 4) is 5.75 Å². The lowest BCUT2D eigenvalue weighted by atomic mass is 9.98. The Morgan fingerprint density at radius 1 is 1.04 bits per heavy atom. The largest absolute Gasteiger partial charge is 0.484 e. The van der Waals surface area contributed by atoms with Gasteiger partial charge in [-0.15, -0.1) is 0 Å². The van der Waals surface area contributed by atoms with Gasteiger partial charge in [0.05, 0.1) is 0 Å². The van der Waals surface area contributed by atoms with Crippen LogP contribution >= 0.6 is 0 Å². The zero-order chi connectivity index (χ0) is 18.4. The SMILES string of the molecule is Cc1ccc(OCC(=O)N2CCCC[C@@H]2CCN2CCCCC2)cc1C. The third kappa shape index (κ3) is 5.23. The molecule has 0 aliphatic carbocycles. The van der Waals surface area contributed by atoms with E-state index in [4.69, 9.17) is 4.74 Å². The molecule has 26 heavy (non-hydrogen) atoms. The van der Waals surface area contributed by atoms with Crippen LogP contribution in [-0.2, 0) is 4.79 Å². The third-order valence-electron chi connectivity index (χ3n) is 6.02. The molecule has 0 saturated carbocycles. The third-order valence-corrected chi connectivity index (χ3v) is 6.02. The Balaban J connectivity index is 1.50. The average Bonchev–Trinajstić information content (AvgIpc) is 2.68. The molecule has 3 rings (SSSR count). The highest BCUT2D eigenvalue weighted by atomic mass is 16.5. The summed E-state index contributed by atoms with van der Waals surface area (Å²) in [5.41, 5.74) is 2.45. The number of ether oxygens (including phenoxy) is 1. The molecule has 2 aliphatic heterocycles. The Morgan fingerprint density at radius 2 is 1.81 bits per heavy atom. The van der Waals surface area contributed by atoms with Gasteiger partial charge in [-0.3, -0.25) is 4.79 Å². The molecule has 4 heteroatoms. The number of likely N-dealkylation sites (tertiary alicyclic amines) is 2. The molecular weight excluding hydrogens is 324 g/mol. The minimum absolute atomic E-state index is 0.145. The van der Waals surface area contributed by atoms with Gasteiger partial charge in [-0.2, -0.15) is 0 Å². The smallest absolute Gasteiger partial charge is 0.260 e. The molecule has 1 aromatic rings. The second-order valence-electron chi connectivity index (χ2n) is 7.96. The van der Waals surface area contributed by atoms with Crippen LogP contribution < -0.4 is 4.74 Å². The topological polar surface area (TPSA) is 32.8 Å². The molecule has 0 N–H and O–H groups in total. The summed E-state index contributed by atoms with van der Waals surface area (Å²) >= 11 is 0. The highest BCUT2D eigenvalue weighted by Gasteiger charge is 2.27. The van der Waals surface area contributed by atoms with E-state index in [0.717, 1.165) is 38.1 Å². The molecule has 0 spiro atoms. The number of carbonyl (C=O) groups is 1. The number of aryl methyl sites for hydroxylation is 2. The van der Waals surface area contributed by atoms with Crippen LogP contribution in [0.2, 0.25) is 0 Å². The van der Waals surface area contributed by atoms with Crippen LogP contribution in [0.5, 0.6) is 5.75 Å². The summed E-state index contributed by atoms with van der Waals surface area (Å²) < 4.78 is 5.80. The molecule has 1 atom stereocenters. The molecule has 1 aromatic carbocycles. The maximum atomic E-state index is 12.8. The van der Waals surface area contributed by atoms with Crippen LogP contribution in [0, 0.1) is 13.8 Å². The summed E-state index contributed by atoms with van der Waals surface area (Å²) in [5, 5.41) is 0. The van der Waals surface area contributed by atoms with Gasteiger partial charge in [0.15, 0.2) is 6.61 Å². The number of nitrogens with zero attached hydrogens (tertiary/aromatic N) is 2. The standard InChI is InChI=1S/C22H34N2O2/c1-18-9-10-21(16-19(18)2)26-17-22(25)24-14-7-4-8-20(24)11-15-23-12-5-3-6-13-23/h9-10,16,20H,3-8,11-15,17H2,1-2H3/t20-/m1/s1. The summed E-state index contributed by atoms with van der Waals surface area (Å²) in [6.07, 6.45) is 8.65. The zero-order valence-corrected chi connectivity index (χ0v) is 16.5. The second-order valence-corrected chi connectivity index (χ2v) is 7.96. The number of amides is 1. The van der Waals surface area contributed by atoms with Crippen molar-refractivity contribution in [2.24, 2.45) is 0 Å². The summed E-state index contributed by atoms with van der Waals surface area (Å²) in [5.74, 6) is 0.940. The van der Waals surface area contributed by atoms with E-state index in [1.54, 1.807) is 0 Å². The monoisotopic (exact) mass is 358 g/mol. The van der Waals surface area contributed by atoms with E-state index < -0.39 is 0 Å². The lowest BCUT2D eigenvalue weighted by Crippen LogP contribution is -2.47. The fourth-order valence-corrected chi connectivity index (χ4v) is 4.18. The van der Waals surface area contributed by atoms with Crippen molar-refractivity contribution in [3.63, 3.8) is 0 Å². The minimum atomic E-state index is 0.145. The van der Waals surface area contributed by atoms with Crippen molar-refractivity contribution in [1.29, 1.82) is 0 Å². The predicted octanol–water partition coefficient (Wildman–Crippen LogP) is 3.94. The van der Waals surface area contributed by atoms with E-state index in [0.29, 0.717) is 6.04 Å². The van der Waals surface area contributed by atoms with Gasteiger partial charge in [-0.05, 0) is 88.7 Å². The first-order chi connectivity index (χ1) is 12.6. The highest BCUT2D eigenvalue weighted by molar-refractivity contribution is 5.78. The molecular formula is C22H34N2O2. The Kier molecular flexibility index (Phi) is 6.95. The van der Waals surface area contributed by atoms with Gasteiger partial charge in [0.2, 0.25) is 0 Å². The lowest BCUT2D eigenvalue weighted by molar-refractivity contribution is -0.137. The van der Waals surface area contributed by atoms with E-state index >= 15 is 0 Å². The van der Waals surface area contributed by atoms with Crippen molar-refractivity contribution >= 4 is 5.91 Å². The van der Waals surface area contributed by atoms with Crippen molar-refractivity contribution < 1.29 is 9.53 Å². The second kappa shape index (κ2) is 9.40. The van der Waals surface area contributed by atoms with Crippen LogP contribution in [0.1, 0.15) is 56.1 Å². The summed E-state index contributed by atoms with van der Waals surface area (Å²) in [6.45, 7) is 8.80. The van der Waals surface area contributed by atoms with Crippen molar-refractivity contribution in [3.05, 3.63) is 29.3 Å². The molecule has 2 saturated heterocycles. The van der Waals surface area contributed by atoms with Gasteiger partial charge in [0, 0.05) is 19.1 Å². The van der Waals surface area contributed by atoms with Crippen molar-refractivity contribution in [2.45, 2.75) is 64.8 Å². The van der Waals surface area contributed by atoms with Gasteiger partial charge in [-0.25, -0.2) is 0 Å². The Hall–Kier alpha value is -1.55. The molecule has 2 aliphatic rings. The van der Waals surface area contributed by atoms with Crippen molar-refractivity contribution in [2.75, 3.05) is 32.8 Å². The first-order valence-corrected chi connectivity index (χ1v) is 10.4. The maximum Gasteiger partial charge on any atom is 0.260 e. The van der Waals surface area contributed by atoms with Crippen LogP contribution in [0.15, 0.2) is 18.2 Å². The molecule has 0 bridgehead atoms. The Labute approximate surface area is 158 Å². The fourth-order valence-electron chi connectivity index (χ4n) is 4.18. The summed E-state index contributed by atoms with van der Waals surface area (Å²) in [7, 11) is 0. The highest BCUT2D eigenvalue weighted by Crippen LogP contribution is 2.22. The number of benzene rings is 1. The van der Waals surface area contributed by atoms with E-state index in [1.807, 2.05) is 12.1 Å². The zero-order valence-electron chi connectivity index (χ0n) is 16.5. The number of hydrogen-bond donors (Lipinski definition) is 0. The van der Waals surface area contributed by atoms with Crippen LogP contribution in [0.4, 0.5) is 0 Å². The Bertz CT molecular complexity index is 596. The normalized spacial score (nSPS) is 21.6. The van der Waals surface area contributed by atoms with E-state index in [1.165, 1.54) is 49.9 Å².